The zero-order chi connectivity index (χ0) is 101. The van der Waals surface area contributed by atoms with Gasteiger partial charge < -0.3 is 216 Å². The van der Waals surface area contributed by atoms with Crippen molar-refractivity contribution < 1.29 is 210 Å². The van der Waals surface area contributed by atoms with Crippen LogP contribution in [0.25, 0.3) is 0 Å². The number of rotatable bonds is 53. The number of hydrogen-bond acceptors (Lipinski definition) is 47. The molecule has 8 heterocycles. The Morgan fingerprint density at radius 1 is 0.326 bits per heavy atom. The smallest absolute Gasteiger partial charge is 0.271 e. The van der Waals surface area contributed by atoms with Crippen LogP contribution in [0.15, 0.2) is 6.20 Å². The first-order valence-corrected chi connectivity index (χ1v) is 46.2. The molecule has 138 heavy (non-hydrogen) atoms. The summed E-state index contributed by atoms with van der Waals surface area (Å²) in [4.78, 5) is 16.3. The number of ether oxygens (including phenoxy) is 39. The molecule has 0 radical (unpaired) electrons. The van der Waals surface area contributed by atoms with E-state index in [2.05, 4.69) is 20.9 Å². The van der Waals surface area contributed by atoms with Gasteiger partial charge >= 0.3 is 0 Å². The van der Waals surface area contributed by atoms with Crippen LogP contribution in [0.3, 0.4) is 0 Å². The number of aliphatic hydroxyl groups excluding tert-OH is 2. The summed E-state index contributed by atoms with van der Waals surface area (Å²) in [5.74, 6) is -5.14. The molecule has 9 aliphatic rings. The molecule has 7 saturated heterocycles. The lowest BCUT2D eigenvalue weighted by atomic mass is 9.61. The highest BCUT2D eigenvalue weighted by Gasteiger charge is 2.67. The zero-order valence-electron chi connectivity index (χ0n) is 85.1. The largest absolute Gasteiger partial charge is 0.396 e. The Kier molecular flexibility index (Phi) is 46.7. The van der Waals surface area contributed by atoms with Crippen LogP contribution in [0.4, 0.5) is 0 Å². The Hall–Kier alpha value is -3.15. The molecule has 38 unspecified atom stereocenters. The van der Waals surface area contributed by atoms with Gasteiger partial charge in [0.05, 0.1) is 120 Å². The lowest BCUT2D eigenvalue weighted by Crippen LogP contribution is -2.75. The van der Waals surface area contributed by atoms with Crippen molar-refractivity contribution in [3.63, 3.8) is 0 Å². The second-order valence-electron chi connectivity index (χ2n) is 35.7. The fraction of sp³-hybridized carbons (Fsp3) is 0.966. The number of aliphatic hydroxyl groups is 4. The topological polar surface area (TPSA) is 513 Å². The molecule has 0 bridgehead atoms. The first kappa shape index (κ1) is 117. The highest BCUT2D eigenvalue weighted by atomic mass is 16.8. The van der Waals surface area contributed by atoms with Gasteiger partial charge in [-0.1, -0.05) is 5.21 Å². The number of carbonyl (C=O) groups is 1. The fourth-order valence-corrected chi connectivity index (χ4v) is 22.6. The number of amides is 1. The molecule has 6 N–H and O–H groups in total. The van der Waals surface area contributed by atoms with Crippen molar-refractivity contribution >= 4 is 5.91 Å². The van der Waals surface area contributed by atoms with E-state index in [-0.39, 0.29) is 45.1 Å². The van der Waals surface area contributed by atoms with Crippen molar-refractivity contribution in [2.75, 3.05) is 251 Å². The fourth-order valence-electron chi connectivity index (χ4n) is 22.6. The van der Waals surface area contributed by atoms with Gasteiger partial charge in [0.1, 0.15) is 169 Å². The Morgan fingerprint density at radius 3 is 0.935 bits per heavy atom. The molecule has 804 valence electrons. The minimum absolute atomic E-state index is 0.0187. The number of hydrogen-bond donors (Lipinski definition) is 6. The second kappa shape index (κ2) is 55.2. The normalized spacial score (nSPS) is 44.3. The molecule has 1 amide bonds. The highest BCUT2D eigenvalue weighted by molar-refractivity contribution is 5.92. The predicted molar refractivity (Wildman–Crippen MR) is 472 cm³/mol. The van der Waals surface area contributed by atoms with E-state index in [9.17, 15) is 20.4 Å². The summed E-state index contributed by atoms with van der Waals surface area (Å²) in [7, 11) is 39.9. The van der Waals surface area contributed by atoms with Crippen LogP contribution in [-0.4, -0.2) is 549 Å². The number of nitrogens with zero attached hydrogens (tertiary/aromatic N) is 3. The zero-order valence-corrected chi connectivity index (χ0v) is 85.1. The average molecular weight is 2000 g/mol. The standard InChI is InChI=1S/C89H159N5O44/c1-41-43(55(107-10)71(118-21)83(127-41)134-61-50(36-102-5)131-86(75(122-25)68(61)115-18)137-63-52(38-104-7)133-87(77(124-27)70(63)117-20)138-62-51(37-103-6)132-85(76(123-26)69(62)116-19)136-60-49(35-101-4)130-82(126-29)74(121-24)67(60)114-17)30-44-56(108-11)57(109-12)45(32-95)88(98,39-105-8)78(44)92-80(97)47-31-90-93-94(47)79-54(65(112-15)58(110-13)46(33-96)89(79,99)40-106-9)91-53-42(2)128-84(72(119-22)64(53)111-14)135-59-48(34-100-3)129-81(125-28)73(120-23)66(59)113-16/h31,41-46,48-79,81-87,91,95-96,98-99H,30,32-40H2,1-29H3,(H,92,97)/t41?,42?,43?,44?,45?,46?,48?,49?,50?,51?,52?,53?,54?,55?,56-,57?,58+,59?,60?,61?,62?,63?,64+,65?,66+,67?,68?,69?,70?,71+,72?,73?,74+,75+,76+,77+,78?,79?,81?,82?,83?,84?,85?,86?,87?,88?,89?/m0/s1. The van der Waals surface area contributed by atoms with Crippen LogP contribution in [0.2, 0.25) is 0 Å². The van der Waals surface area contributed by atoms with Gasteiger partial charge in [0.2, 0.25) is 0 Å². The first-order valence-electron chi connectivity index (χ1n) is 46.2. The molecule has 1 aromatic heterocycles. The van der Waals surface area contributed by atoms with Crippen LogP contribution in [0, 0.1) is 23.7 Å². The predicted octanol–water partition coefficient (Wildman–Crippen LogP) is -3.30. The van der Waals surface area contributed by atoms with E-state index in [0.29, 0.717) is 0 Å². The van der Waals surface area contributed by atoms with Gasteiger partial charge in [0, 0.05) is 216 Å². The molecular weight excluding hydrogens is 1840 g/mol. The molecule has 9 fully saturated rings. The Bertz CT molecular complexity index is 3620. The van der Waals surface area contributed by atoms with Crippen LogP contribution < -0.4 is 10.6 Å². The van der Waals surface area contributed by atoms with Gasteiger partial charge in [-0.15, -0.1) is 5.10 Å². The molecule has 49 nitrogen and oxygen atoms in total. The highest BCUT2D eigenvalue weighted by Crippen LogP contribution is 2.51. The van der Waals surface area contributed by atoms with Gasteiger partial charge in [-0.2, -0.15) is 0 Å². The number of nitrogens with one attached hydrogen (secondary N) is 2. The molecule has 1 aromatic rings. The van der Waals surface area contributed by atoms with E-state index in [1.165, 1.54) is 203 Å². The quantitative estimate of drug-likeness (QED) is 0.0372. The summed E-state index contributed by atoms with van der Waals surface area (Å²) in [6.45, 7) is 1.10. The monoisotopic (exact) mass is 2000 g/mol. The van der Waals surface area contributed by atoms with Crippen molar-refractivity contribution in [1.29, 1.82) is 0 Å². The van der Waals surface area contributed by atoms with Crippen LogP contribution in [0.5, 0.6) is 0 Å². The number of methoxy groups -OCH3 is 27. The van der Waals surface area contributed by atoms with Crippen LogP contribution >= 0.6 is 0 Å². The minimum atomic E-state index is -2.24. The summed E-state index contributed by atoms with van der Waals surface area (Å²) in [6.07, 6.45) is -35.4. The van der Waals surface area contributed by atoms with Gasteiger partial charge in [0.25, 0.3) is 5.91 Å². The first-order chi connectivity index (χ1) is 66.7. The Labute approximate surface area is 808 Å². The maximum absolute atomic E-state index is 16.3. The Morgan fingerprint density at radius 2 is 0.609 bits per heavy atom. The summed E-state index contributed by atoms with van der Waals surface area (Å²) < 4.78 is 248. The van der Waals surface area contributed by atoms with E-state index in [1.807, 2.05) is 6.92 Å². The Balaban J connectivity index is 0.923. The van der Waals surface area contributed by atoms with Crippen molar-refractivity contribution in [1.82, 2.24) is 25.6 Å². The van der Waals surface area contributed by atoms with E-state index in [4.69, 9.17) is 185 Å². The molecule has 10 rings (SSSR count). The summed E-state index contributed by atoms with van der Waals surface area (Å²) in [6, 6.07) is -5.10. The van der Waals surface area contributed by atoms with Gasteiger partial charge in [-0.3, -0.25) is 4.79 Å². The number of aromatic nitrogens is 3. The molecule has 0 aromatic carbocycles. The van der Waals surface area contributed by atoms with Crippen LogP contribution in [-0.2, 0) is 185 Å². The molecule has 2 saturated carbocycles. The van der Waals surface area contributed by atoms with Crippen molar-refractivity contribution in [3.8, 4) is 0 Å². The SMILES string of the molecule is COCC1OC(OC)[C@H](OC)C(OC)C1OC1OC(COC)C(OC2OC(COC)C(OC3OC(COC)C(OC4OC(C)C(CC5C(NC(=O)c6cnnn6C6C(NC7C(C)OC(OC8C(COC)OC(OC)C(OC)[C@@H]8OC)C(OC)[C@@H]7OC)C(OC)[C@H](OC)C(CO)C6(O)COC)C(O)(COC)C(CO)C(OC)[C@H]5OC)C(OC)[C@H]4OC)C(OC)[C@H]3OC)C(OC)[C@H]2OC)C(OC)[C@H]1OC. The maximum atomic E-state index is 16.3. The summed E-state index contributed by atoms with van der Waals surface area (Å²) >= 11 is 0. The molecule has 0 spiro atoms. The van der Waals surface area contributed by atoms with Crippen molar-refractivity contribution in [2.24, 2.45) is 23.7 Å². The third-order valence-corrected chi connectivity index (χ3v) is 28.9. The van der Waals surface area contributed by atoms with Gasteiger partial charge in [-0.05, 0) is 20.3 Å². The minimum Gasteiger partial charge on any atom is -0.396 e. The molecule has 49 heteroatoms. The maximum Gasteiger partial charge on any atom is 0.271 e. The molecular formula is C89H159N5O44. The summed E-state index contributed by atoms with van der Waals surface area (Å²) in [5.41, 5.74) is -4.74. The lowest BCUT2D eigenvalue weighted by molar-refractivity contribution is -0.398. The van der Waals surface area contributed by atoms with Gasteiger partial charge in [-0.25, -0.2) is 4.68 Å². The third kappa shape index (κ3) is 24.1. The molecule has 2 aliphatic carbocycles. The van der Waals surface area contributed by atoms with E-state index in [0.717, 1.165) is 0 Å². The third-order valence-electron chi connectivity index (χ3n) is 28.9. The van der Waals surface area contributed by atoms with Crippen molar-refractivity contribution in [3.05, 3.63) is 11.9 Å². The lowest BCUT2D eigenvalue weighted by Gasteiger charge is -2.57. The van der Waals surface area contributed by atoms with Gasteiger partial charge in [0.15, 0.2) is 44.0 Å². The molecule has 7 aliphatic heterocycles. The second-order valence-corrected chi connectivity index (χ2v) is 35.7. The average Bonchev–Trinajstić information content (AvgIpc) is 1.19. The number of carbonyl (C=O) groups excluding carboxylic acids is 1. The van der Waals surface area contributed by atoms with Crippen molar-refractivity contribution in [2.45, 2.75) is 283 Å². The van der Waals surface area contributed by atoms with E-state index in [1.54, 1.807) is 6.92 Å². The summed E-state index contributed by atoms with van der Waals surface area (Å²) in [5, 5.41) is 66.6. The van der Waals surface area contributed by atoms with E-state index >= 15 is 4.79 Å². The van der Waals surface area contributed by atoms with E-state index < -0.39 is 319 Å². The van der Waals surface area contributed by atoms with Crippen LogP contribution in [0.1, 0.15) is 36.8 Å². The molecule has 47 atom stereocenters.